The van der Waals surface area contributed by atoms with E-state index in [1.165, 1.54) is 6.07 Å². The van der Waals surface area contributed by atoms with Crippen LogP contribution >= 0.6 is 15.9 Å². The van der Waals surface area contributed by atoms with Gasteiger partial charge in [-0.05, 0) is 74.9 Å². The number of benzene rings is 2. The summed E-state index contributed by atoms with van der Waals surface area (Å²) in [7, 11) is 2.06. The molecule has 3 N–H and O–H groups in total. The van der Waals surface area contributed by atoms with Crippen molar-refractivity contribution in [3.05, 3.63) is 52.5 Å². The fraction of sp³-hybridized carbons (Fsp3) is 0.440. The van der Waals surface area contributed by atoms with Crippen LogP contribution in [0.3, 0.4) is 0 Å². The number of nitrogens with zero attached hydrogens (tertiary/aromatic N) is 3. The summed E-state index contributed by atoms with van der Waals surface area (Å²) >= 11 is 3.21. The summed E-state index contributed by atoms with van der Waals surface area (Å²) in [5, 5.41) is 4.56. The Morgan fingerprint density at radius 1 is 1.11 bits per heavy atom. The Bertz CT molecular complexity index is 1150. The Morgan fingerprint density at radius 2 is 1.86 bits per heavy atom. The zero-order valence-electron chi connectivity index (χ0n) is 19.5. The molecular formula is C25H29BrF3N5O. The SMILES string of the molecule is CN(c1nc(N)nc2ccccc12)C1CCC(NCCCc2ccc(Br)cc2OC(F)(F)F)CC1. The van der Waals surface area contributed by atoms with Gasteiger partial charge in [-0.2, -0.15) is 4.98 Å². The molecule has 6 nitrogen and oxygen atoms in total. The van der Waals surface area contributed by atoms with Crippen LogP contribution in [-0.4, -0.2) is 42.0 Å². The van der Waals surface area contributed by atoms with E-state index < -0.39 is 6.36 Å². The Kier molecular flexibility index (Phi) is 8.01. The lowest BCUT2D eigenvalue weighted by Gasteiger charge is -2.36. The maximum absolute atomic E-state index is 12.7. The molecule has 0 saturated heterocycles. The van der Waals surface area contributed by atoms with Crippen molar-refractivity contribution in [3.8, 4) is 5.75 Å². The molecule has 3 aromatic rings. The molecule has 35 heavy (non-hydrogen) atoms. The summed E-state index contributed by atoms with van der Waals surface area (Å²) in [6, 6.07) is 13.4. The van der Waals surface area contributed by atoms with Gasteiger partial charge in [0.1, 0.15) is 11.6 Å². The summed E-state index contributed by atoms with van der Waals surface area (Å²) in [5.74, 6) is 0.986. The number of rotatable bonds is 8. The van der Waals surface area contributed by atoms with Gasteiger partial charge in [0, 0.05) is 29.0 Å². The molecule has 0 bridgehead atoms. The third kappa shape index (κ3) is 6.76. The van der Waals surface area contributed by atoms with Gasteiger partial charge in [-0.15, -0.1) is 13.2 Å². The fourth-order valence-electron chi connectivity index (χ4n) is 4.73. The topological polar surface area (TPSA) is 76.3 Å². The molecule has 1 heterocycles. The van der Waals surface area contributed by atoms with Crippen LogP contribution in [0.1, 0.15) is 37.7 Å². The lowest BCUT2D eigenvalue weighted by Crippen LogP contribution is -2.41. The van der Waals surface area contributed by atoms with Gasteiger partial charge < -0.3 is 20.7 Å². The molecule has 0 unspecified atom stereocenters. The third-order valence-corrected chi connectivity index (χ3v) is 6.98. The number of alkyl halides is 3. The van der Waals surface area contributed by atoms with Crippen molar-refractivity contribution in [1.29, 1.82) is 0 Å². The highest BCUT2D eigenvalue weighted by Crippen LogP contribution is 2.31. The lowest BCUT2D eigenvalue weighted by molar-refractivity contribution is -0.274. The van der Waals surface area contributed by atoms with Gasteiger partial charge in [-0.3, -0.25) is 0 Å². The molecule has 1 aromatic heterocycles. The molecule has 1 saturated carbocycles. The van der Waals surface area contributed by atoms with Crippen molar-refractivity contribution in [3.63, 3.8) is 0 Å². The van der Waals surface area contributed by atoms with Crippen LogP contribution in [-0.2, 0) is 6.42 Å². The fourth-order valence-corrected chi connectivity index (χ4v) is 5.07. The number of hydrogen-bond donors (Lipinski definition) is 2. The first-order valence-corrected chi connectivity index (χ1v) is 12.5. The molecule has 1 aliphatic rings. The van der Waals surface area contributed by atoms with E-state index in [1.54, 1.807) is 12.1 Å². The Hall–Kier alpha value is -2.59. The Labute approximate surface area is 211 Å². The minimum atomic E-state index is -4.70. The number of fused-ring (bicyclic) bond motifs is 1. The Morgan fingerprint density at radius 3 is 2.60 bits per heavy atom. The molecule has 10 heteroatoms. The number of nitrogens with two attached hydrogens (primary N) is 1. The predicted molar refractivity (Wildman–Crippen MR) is 136 cm³/mol. The number of hydrogen-bond acceptors (Lipinski definition) is 6. The van der Waals surface area contributed by atoms with E-state index in [1.807, 2.05) is 24.3 Å². The number of ether oxygens (including phenoxy) is 1. The highest BCUT2D eigenvalue weighted by atomic mass is 79.9. The van der Waals surface area contributed by atoms with Crippen LogP contribution in [0.2, 0.25) is 0 Å². The summed E-state index contributed by atoms with van der Waals surface area (Å²) in [6.07, 6.45) is 0.602. The van der Waals surface area contributed by atoms with E-state index in [4.69, 9.17) is 5.73 Å². The van der Waals surface area contributed by atoms with Gasteiger partial charge in [0.05, 0.1) is 5.52 Å². The molecular weight excluding hydrogens is 523 g/mol. The zero-order valence-corrected chi connectivity index (χ0v) is 21.1. The molecule has 1 fully saturated rings. The third-order valence-electron chi connectivity index (χ3n) is 6.49. The summed E-state index contributed by atoms with van der Waals surface area (Å²) in [5.41, 5.74) is 7.34. The highest BCUT2D eigenvalue weighted by molar-refractivity contribution is 9.10. The largest absolute Gasteiger partial charge is 0.573 e. The van der Waals surface area contributed by atoms with Gasteiger partial charge in [0.15, 0.2) is 0 Å². The quantitative estimate of drug-likeness (QED) is 0.342. The summed E-state index contributed by atoms with van der Waals surface area (Å²) < 4.78 is 42.9. The molecule has 4 rings (SSSR count). The first kappa shape index (κ1) is 25.5. The van der Waals surface area contributed by atoms with Gasteiger partial charge in [0.25, 0.3) is 0 Å². The predicted octanol–water partition coefficient (Wildman–Crippen LogP) is 5.84. The second kappa shape index (κ2) is 11.0. The molecule has 0 aliphatic heterocycles. The smallest absolute Gasteiger partial charge is 0.405 e. The number of nitrogen functional groups attached to an aromatic ring is 1. The van der Waals surface area contributed by atoms with Gasteiger partial charge in [-0.1, -0.05) is 34.1 Å². The monoisotopic (exact) mass is 551 g/mol. The van der Waals surface area contributed by atoms with Crippen molar-refractivity contribution in [1.82, 2.24) is 15.3 Å². The minimum Gasteiger partial charge on any atom is -0.405 e. The second-order valence-corrected chi connectivity index (χ2v) is 9.81. The minimum absolute atomic E-state index is 0.145. The Balaban J connectivity index is 1.27. The maximum atomic E-state index is 12.7. The molecule has 0 atom stereocenters. The zero-order chi connectivity index (χ0) is 25.0. The number of para-hydroxylation sites is 1. The normalized spacial score (nSPS) is 18.5. The average molecular weight is 552 g/mol. The van der Waals surface area contributed by atoms with Crippen molar-refractivity contribution < 1.29 is 17.9 Å². The first-order valence-electron chi connectivity index (χ1n) is 11.7. The van der Waals surface area contributed by atoms with Crippen molar-refractivity contribution >= 4 is 38.6 Å². The van der Waals surface area contributed by atoms with Crippen molar-refractivity contribution in [2.75, 3.05) is 24.2 Å². The number of aromatic nitrogens is 2. The highest BCUT2D eigenvalue weighted by Gasteiger charge is 2.32. The molecule has 188 valence electrons. The number of aryl methyl sites for hydroxylation is 1. The summed E-state index contributed by atoms with van der Waals surface area (Å²) in [6.45, 7) is 0.736. The molecule has 1 aliphatic carbocycles. The van der Waals surface area contributed by atoms with Gasteiger partial charge >= 0.3 is 6.36 Å². The lowest BCUT2D eigenvalue weighted by atomic mass is 9.90. The van der Waals surface area contributed by atoms with E-state index in [0.717, 1.165) is 55.4 Å². The van der Waals surface area contributed by atoms with Crippen molar-refractivity contribution in [2.45, 2.75) is 57.0 Å². The van der Waals surface area contributed by atoms with E-state index in [0.29, 0.717) is 28.5 Å². The van der Waals surface area contributed by atoms with Crippen LogP contribution in [0.25, 0.3) is 10.9 Å². The van der Waals surface area contributed by atoms with Crippen LogP contribution in [0.15, 0.2) is 46.9 Å². The summed E-state index contributed by atoms with van der Waals surface area (Å²) in [4.78, 5) is 11.1. The standard InChI is InChI=1S/C25H29BrF3N5O/c1-34(23-20-6-2-3-7-21(20)32-24(30)33-23)19-12-10-18(11-13-19)31-14-4-5-16-8-9-17(26)15-22(16)35-25(27,28)29/h2-3,6-9,15,18-19,31H,4-5,10-14H2,1H3,(H2,30,32,33). The van der Waals surface area contributed by atoms with E-state index in [9.17, 15) is 13.2 Å². The van der Waals surface area contributed by atoms with Crippen LogP contribution in [0, 0.1) is 0 Å². The maximum Gasteiger partial charge on any atom is 0.573 e. The van der Waals surface area contributed by atoms with E-state index in [-0.39, 0.29) is 11.7 Å². The second-order valence-electron chi connectivity index (χ2n) is 8.90. The first-order chi connectivity index (χ1) is 16.7. The number of halogens is 4. The van der Waals surface area contributed by atoms with Crippen LogP contribution in [0.4, 0.5) is 24.9 Å². The molecule has 0 radical (unpaired) electrons. The molecule has 0 spiro atoms. The molecule has 2 aromatic carbocycles. The van der Waals surface area contributed by atoms with Crippen LogP contribution in [0.5, 0.6) is 5.75 Å². The number of anilines is 2. The van der Waals surface area contributed by atoms with E-state index >= 15 is 0 Å². The average Bonchev–Trinajstić information content (AvgIpc) is 2.81. The van der Waals surface area contributed by atoms with Crippen LogP contribution < -0.4 is 20.7 Å². The molecule has 0 amide bonds. The number of nitrogens with one attached hydrogen (secondary N) is 1. The van der Waals surface area contributed by atoms with E-state index in [2.05, 4.69) is 47.9 Å². The van der Waals surface area contributed by atoms with Gasteiger partial charge in [0.2, 0.25) is 5.95 Å². The van der Waals surface area contributed by atoms with Gasteiger partial charge in [-0.25, -0.2) is 4.98 Å². The van der Waals surface area contributed by atoms with Crippen molar-refractivity contribution in [2.24, 2.45) is 0 Å².